The number of rotatable bonds is 4. The summed E-state index contributed by atoms with van der Waals surface area (Å²) in [5, 5.41) is 2.50. The first-order valence-electron chi connectivity index (χ1n) is 20.3. The first kappa shape index (κ1) is 32.3. The number of aromatic nitrogens is 3. The van der Waals surface area contributed by atoms with Crippen LogP contribution >= 0.6 is 0 Å². The molecule has 59 heavy (non-hydrogen) atoms. The molecule has 1 heterocycles. The summed E-state index contributed by atoms with van der Waals surface area (Å²) < 4.78 is 0. The molecule has 13 rings (SSSR count). The Balaban J connectivity index is 1.21. The van der Waals surface area contributed by atoms with Gasteiger partial charge in [-0.15, -0.1) is 0 Å². The highest BCUT2D eigenvalue weighted by molar-refractivity contribution is 6.21. The molecule has 3 aliphatic carbocycles. The minimum atomic E-state index is -0.591. The summed E-state index contributed by atoms with van der Waals surface area (Å²) >= 11 is 0. The van der Waals surface area contributed by atoms with E-state index < -0.39 is 5.41 Å². The molecule has 3 nitrogen and oxygen atoms in total. The Morgan fingerprint density at radius 3 is 1.47 bits per heavy atom. The summed E-state index contributed by atoms with van der Waals surface area (Å²) in [5.74, 6) is 1.98. The van der Waals surface area contributed by atoms with Crippen molar-refractivity contribution in [3.8, 4) is 89.8 Å². The van der Waals surface area contributed by atoms with E-state index in [9.17, 15) is 0 Å². The number of hydrogen-bond acceptors (Lipinski definition) is 3. The summed E-state index contributed by atoms with van der Waals surface area (Å²) in [5.41, 5.74) is 19.7. The van der Waals surface area contributed by atoms with Gasteiger partial charge in [-0.1, -0.05) is 188 Å². The fourth-order valence-corrected chi connectivity index (χ4v) is 10.5. The van der Waals surface area contributed by atoms with Crippen LogP contribution in [0.3, 0.4) is 0 Å². The number of nitrogens with zero attached hydrogens (tertiary/aromatic N) is 3. The van der Waals surface area contributed by atoms with Crippen LogP contribution in [0.25, 0.3) is 101 Å². The summed E-state index contributed by atoms with van der Waals surface area (Å²) in [7, 11) is 0. The maximum absolute atomic E-state index is 5.49. The normalized spacial score (nSPS) is 14.8. The minimum Gasteiger partial charge on any atom is -0.208 e. The van der Waals surface area contributed by atoms with E-state index in [-0.39, 0.29) is 0 Å². The third-order valence-electron chi connectivity index (χ3n) is 12.9. The van der Waals surface area contributed by atoms with Gasteiger partial charge in [0.2, 0.25) is 0 Å². The van der Waals surface area contributed by atoms with Crippen LogP contribution in [0, 0.1) is 0 Å². The van der Waals surface area contributed by atoms with Crippen molar-refractivity contribution in [3.63, 3.8) is 0 Å². The molecule has 3 aliphatic rings. The third kappa shape index (κ3) is 4.39. The first-order valence-corrected chi connectivity index (χ1v) is 20.3. The molecule has 3 heteroatoms. The van der Waals surface area contributed by atoms with E-state index in [1.54, 1.807) is 0 Å². The molecule has 10 aromatic rings. The zero-order valence-electron chi connectivity index (χ0n) is 31.9. The van der Waals surface area contributed by atoms with E-state index in [1.165, 1.54) is 88.7 Å². The van der Waals surface area contributed by atoms with Crippen LogP contribution in [0.1, 0.15) is 22.3 Å². The molecule has 272 valence electrons. The lowest BCUT2D eigenvalue weighted by molar-refractivity contribution is 0.794. The van der Waals surface area contributed by atoms with Crippen molar-refractivity contribution in [2.75, 3.05) is 0 Å². The van der Waals surface area contributed by atoms with Gasteiger partial charge in [-0.3, -0.25) is 0 Å². The van der Waals surface area contributed by atoms with E-state index in [1.807, 2.05) is 12.1 Å². The predicted octanol–water partition coefficient (Wildman–Crippen LogP) is 13.7. The molecule has 0 aliphatic heterocycles. The van der Waals surface area contributed by atoms with E-state index >= 15 is 0 Å². The summed E-state index contributed by atoms with van der Waals surface area (Å²) in [4.78, 5) is 16.1. The molecule has 9 aromatic carbocycles. The fraction of sp³-hybridized carbons (Fsp3) is 0.0179. The Morgan fingerprint density at radius 2 is 0.797 bits per heavy atom. The molecule has 1 atom stereocenters. The lowest BCUT2D eigenvalue weighted by atomic mass is 9.69. The minimum absolute atomic E-state index is 0.591. The summed E-state index contributed by atoms with van der Waals surface area (Å²) in [6.07, 6.45) is 0. The van der Waals surface area contributed by atoms with Gasteiger partial charge in [0.15, 0.2) is 17.5 Å². The fourth-order valence-electron chi connectivity index (χ4n) is 10.5. The monoisotopic (exact) mass is 747 g/mol. The first-order chi connectivity index (χ1) is 29.3. The van der Waals surface area contributed by atoms with Gasteiger partial charge in [0.1, 0.15) is 0 Å². The molecule has 0 bridgehead atoms. The second-order valence-corrected chi connectivity index (χ2v) is 15.8. The van der Waals surface area contributed by atoms with Crippen molar-refractivity contribution < 1.29 is 0 Å². The molecule has 0 N–H and O–H groups in total. The van der Waals surface area contributed by atoms with Crippen molar-refractivity contribution in [2.24, 2.45) is 0 Å². The standard InChI is InChI=1S/C56H33N3/c1-4-16-34(17-5-1)38-30-31-40-39-24-10-12-28-45(39)56(47(40)32-38)46-29-13-11-25-42(46)51-48(56)33-44-41-26-14-22-35-23-15-27-43(49(35)41)50(44)52(51)55-58-53(36-18-6-2-7-19-36)57-54(59-55)37-20-8-3-9-21-37/h1-33H. The van der Waals surface area contributed by atoms with Crippen LogP contribution in [0.2, 0.25) is 0 Å². The molecule has 0 radical (unpaired) electrons. The van der Waals surface area contributed by atoms with Gasteiger partial charge in [0.05, 0.1) is 5.41 Å². The molecule has 0 amide bonds. The van der Waals surface area contributed by atoms with Crippen LogP contribution in [0.4, 0.5) is 0 Å². The average Bonchev–Trinajstić information content (AvgIpc) is 3.91. The molecule has 1 unspecified atom stereocenters. The smallest absolute Gasteiger partial charge is 0.165 e. The highest BCUT2D eigenvalue weighted by Gasteiger charge is 2.53. The highest BCUT2D eigenvalue weighted by atomic mass is 15.0. The van der Waals surface area contributed by atoms with E-state index in [2.05, 4.69) is 188 Å². The van der Waals surface area contributed by atoms with Crippen LogP contribution in [-0.2, 0) is 5.41 Å². The van der Waals surface area contributed by atoms with Gasteiger partial charge in [-0.25, -0.2) is 15.0 Å². The van der Waals surface area contributed by atoms with Crippen LogP contribution in [0.5, 0.6) is 0 Å². The van der Waals surface area contributed by atoms with E-state index in [4.69, 9.17) is 15.0 Å². The highest BCUT2D eigenvalue weighted by Crippen LogP contribution is 2.67. The second kappa shape index (κ2) is 12.1. The maximum Gasteiger partial charge on any atom is 0.165 e. The van der Waals surface area contributed by atoms with Crippen molar-refractivity contribution in [2.45, 2.75) is 5.41 Å². The summed E-state index contributed by atoms with van der Waals surface area (Å²) in [6, 6.07) is 72.6. The second-order valence-electron chi connectivity index (χ2n) is 15.8. The Morgan fingerprint density at radius 1 is 0.271 bits per heavy atom. The van der Waals surface area contributed by atoms with E-state index in [0.29, 0.717) is 17.5 Å². The average molecular weight is 748 g/mol. The van der Waals surface area contributed by atoms with Gasteiger partial charge in [-0.2, -0.15) is 0 Å². The van der Waals surface area contributed by atoms with Gasteiger partial charge in [-0.05, 0) is 95.2 Å². The summed E-state index contributed by atoms with van der Waals surface area (Å²) in [6.45, 7) is 0. The number of fused-ring (bicyclic) bond motifs is 13. The molecular weight excluding hydrogens is 715 g/mol. The van der Waals surface area contributed by atoms with Crippen LogP contribution < -0.4 is 0 Å². The Hall–Kier alpha value is -7.75. The van der Waals surface area contributed by atoms with Crippen molar-refractivity contribution in [3.05, 3.63) is 222 Å². The molecule has 0 saturated heterocycles. The Labute approximate surface area is 342 Å². The van der Waals surface area contributed by atoms with Crippen molar-refractivity contribution in [1.29, 1.82) is 0 Å². The number of benzene rings is 9. The number of hydrogen-bond donors (Lipinski definition) is 0. The van der Waals surface area contributed by atoms with Gasteiger partial charge < -0.3 is 0 Å². The third-order valence-corrected chi connectivity index (χ3v) is 12.9. The lowest BCUT2D eigenvalue weighted by Crippen LogP contribution is -2.26. The van der Waals surface area contributed by atoms with Crippen molar-refractivity contribution in [1.82, 2.24) is 15.0 Å². The van der Waals surface area contributed by atoms with E-state index in [0.717, 1.165) is 16.7 Å². The molecule has 1 aromatic heterocycles. The molecule has 1 spiro atoms. The zero-order valence-corrected chi connectivity index (χ0v) is 31.9. The lowest BCUT2D eigenvalue weighted by Gasteiger charge is -2.31. The SMILES string of the molecule is c1ccc(-c2ccc3c(c2)C2(c4ccccc4-3)c3ccccc3-c3c2cc2c(c3-c3nc(-c4ccccc4)nc(-c4ccccc4)n3)-c3cccc4cccc-2c34)cc1. The van der Waals surface area contributed by atoms with Gasteiger partial charge >= 0.3 is 0 Å². The largest absolute Gasteiger partial charge is 0.208 e. The van der Waals surface area contributed by atoms with Crippen LogP contribution in [-0.4, -0.2) is 15.0 Å². The predicted molar refractivity (Wildman–Crippen MR) is 240 cm³/mol. The Bertz CT molecular complexity index is 3310. The van der Waals surface area contributed by atoms with Crippen molar-refractivity contribution >= 4 is 10.8 Å². The van der Waals surface area contributed by atoms with Gasteiger partial charge in [0.25, 0.3) is 0 Å². The van der Waals surface area contributed by atoms with Crippen LogP contribution in [0.15, 0.2) is 200 Å². The van der Waals surface area contributed by atoms with Gasteiger partial charge in [0, 0.05) is 22.3 Å². The quantitative estimate of drug-likeness (QED) is 0.180. The zero-order chi connectivity index (χ0) is 38.7. The maximum atomic E-state index is 5.49. The Kier molecular flexibility index (Phi) is 6.65. The molecule has 0 saturated carbocycles. The molecule has 0 fully saturated rings. The topological polar surface area (TPSA) is 38.7 Å². The molecular formula is C56H33N3.